The molecular formula is C14H19BrO3. The second-order valence-corrected chi connectivity index (χ2v) is 5.51. The van der Waals surface area contributed by atoms with E-state index in [0.717, 1.165) is 5.33 Å². The van der Waals surface area contributed by atoms with Crippen LogP contribution in [0.2, 0.25) is 0 Å². The molecular weight excluding hydrogens is 296 g/mol. The first kappa shape index (κ1) is 14.0. The Morgan fingerprint density at radius 3 is 2.50 bits per heavy atom. The fraction of sp³-hybridized carbons (Fsp3) is 0.571. The van der Waals surface area contributed by atoms with Crippen LogP contribution in [0.3, 0.4) is 0 Å². The fourth-order valence-corrected chi connectivity index (χ4v) is 2.60. The summed E-state index contributed by atoms with van der Waals surface area (Å²) in [6.07, 6.45) is 0.0406. The summed E-state index contributed by atoms with van der Waals surface area (Å²) in [7, 11) is 0. The standard InChI is InChI=1S/C14H19BrO3/c1-14(2)17-12(8-15)13(18-14)10-16-9-11-6-4-3-5-7-11/h3-7,12-13H,8-10H2,1-2H3/t12-,13-/m1/s1. The number of rotatable bonds is 5. The first-order valence-electron chi connectivity index (χ1n) is 6.14. The maximum Gasteiger partial charge on any atom is 0.163 e. The molecule has 100 valence electrons. The minimum atomic E-state index is -0.515. The van der Waals surface area contributed by atoms with E-state index in [0.29, 0.717) is 13.2 Å². The van der Waals surface area contributed by atoms with Crippen LogP contribution in [-0.4, -0.2) is 29.9 Å². The molecule has 2 rings (SSSR count). The minimum absolute atomic E-state index is 0.0110. The maximum atomic E-state index is 5.81. The van der Waals surface area contributed by atoms with Crippen molar-refractivity contribution in [3.05, 3.63) is 35.9 Å². The first-order valence-corrected chi connectivity index (χ1v) is 7.26. The van der Waals surface area contributed by atoms with Gasteiger partial charge >= 0.3 is 0 Å². The van der Waals surface area contributed by atoms with E-state index in [9.17, 15) is 0 Å². The van der Waals surface area contributed by atoms with Crippen molar-refractivity contribution in [1.82, 2.24) is 0 Å². The third-order valence-electron chi connectivity index (χ3n) is 2.83. The first-order chi connectivity index (χ1) is 8.61. The van der Waals surface area contributed by atoms with Gasteiger partial charge in [-0.05, 0) is 19.4 Å². The van der Waals surface area contributed by atoms with Gasteiger partial charge in [0.1, 0.15) is 6.10 Å². The molecule has 0 amide bonds. The highest BCUT2D eigenvalue weighted by atomic mass is 79.9. The molecule has 0 N–H and O–H groups in total. The molecule has 0 aromatic heterocycles. The molecule has 1 aromatic carbocycles. The average Bonchev–Trinajstić information content (AvgIpc) is 2.65. The summed E-state index contributed by atoms with van der Waals surface area (Å²) in [6.45, 7) is 5.02. The predicted octanol–water partition coefficient (Wildman–Crippen LogP) is 3.12. The maximum absolute atomic E-state index is 5.81. The second-order valence-electron chi connectivity index (χ2n) is 4.87. The van der Waals surface area contributed by atoms with Crippen LogP contribution in [0.4, 0.5) is 0 Å². The monoisotopic (exact) mass is 314 g/mol. The highest BCUT2D eigenvalue weighted by Gasteiger charge is 2.40. The van der Waals surface area contributed by atoms with E-state index in [1.54, 1.807) is 0 Å². The van der Waals surface area contributed by atoms with E-state index in [1.165, 1.54) is 5.56 Å². The Morgan fingerprint density at radius 1 is 1.17 bits per heavy atom. The number of benzene rings is 1. The summed E-state index contributed by atoms with van der Waals surface area (Å²) in [5, 5.41) is 0.760. The van der Waals surface area contributed by atoms with Crippen LogP contribution in [0.1, 0.15) is 19.4 Å². The van der Waals surface area contributed by atoms with Crippen LogP contribution in [0.25, 0.3) is 0 Å². The molecule has 0 radical (unpaired) electrons. The lowest BCUT2D eigenvalue weighted by molar-refractivity contribution is -0.149. The summed E-state index contributed by atoms with van der Waals surface area (Å²) in [5.41, 5.74) is 1.17. The summed E-state index contributed by atoms with van der Waals surface area (Å²) in [6, 6.07) is 10.1. The van der Waals surface area contributed by atoms with Crippen molar-refractivity contribution in [2.75, 3.05) is 11.9 Å². The van der Waals surface area contributed by atoms with E-state index in [2.05, 4.69) is 28.1 Å². The zero-order valence-corrected chi connectivity index (χ0v) is 12.4. The fourth-order valence-electron chi connectivity index (χ4n) is 2.05. The molecule has 0 spiro atoms. The minimum Gasteiger partial charge on any atom is -0.374 e. The molecule has 0 bridgehead atoms. The third-order valence-corrected chi connectivity index (χ3v) is 3.47. The summed E-state index contributed by atoms with van der Waals surface area (Å²) >= 11 is 3.44. The van der Waals surface area contributed by atoms with Gasteiger partial charge in [-0.2, -0.15) is 0 Å². The van der Waals surface area contributed by atoms with Gasteiger partial charge in [-0.3, -0.25) is 0 Å². The van der Waals surface area contributed by atoms with Crippen molar-refractivity contribution < 1.29 is 14.2 Å². The lowest BCUT2D eigenvalue weighted by atomic mass is 10.2. The van der Waals surface area contributed by atoms with Crippen molar-refractivity contribution in [2.24, 2.45) is 0 Å². The van der Waals surface area contributed by atoms with Crippen molar-refractivity contribution in [3.8, 4) is 0 Å². The molecule has 4 heteroatoms. The molecule has 0 unspecified atom stereocenters. The Bertz CT molecular complexity index is 367. The molecule has 1 aliphatic rings. The quantitative estimate of drug-likeness (QED) is 0.782. The normalized spacial score (nSPS) is 26.4. The van der Waals surface area contributed by atoms with Crippen LogP contribution >= 0.6 is 15.9 Å². The van der Waals surface area contributed by atoms with Gasteiger partial charge in [0.25, 0.3) is 0 Å². The molecule has 0 saturated carbocycles. The van der Waals surface area contributed by atoms with Gasteiger partial charge in [-0.15, -0.1) is 0 Å². The Kier molecular flexibility index (Phi) is 4.78. The molecule has 1 fully saturated rings. The van der Waals surface area contributed by atoms with Gasteiger partial charge in [0, 0.05) is 5.33 Å². The largest absolute Gasteiger partial charge is 0.374 e. The molecule has 1 saturated heterocycles. The third kappa shape index (κ3) is 3.79. The Labute approximate surface area is 117 Å². The van der Waals surface area contributed by atoms with Gasteiger partial charge < -0.3 is 14.2 Å². The van der Waals surface area contributed by atoms with Crippen molar-refractivity contribution in [1.29, 1.82) is 0 Å². The highest BCUT2D eigenvalue weighted by Crippen LogP contribution is 2.29. The van der Waals surface area contributed by atoms with Crippen LogP contribution in [0.5, 0.6) is 0 Å². The summed E-state index contributed by atoms with van der Waals surface area (Å²) < 4.78 is 17.3. The molecule has 1 aliphatic heterocycles. The van der Waals surface area contributed by atoms with E-state index >= 15 is 0 Å². The Hall–Kier alpha value is -0.420. The smallest absolute Gasteiger partial charge is 0.163 e. The number of hydrogen-bond acceptors (Lipinski definition) is 3. The van der Waals surface area contributed by atoms with Gasteiger partial charge in [0.2, 0.25) is 0 Å². The van der Waals surface area contributed by atoms with Crippen LogP contribution in [0.15, 0.2) is 30.3 Å². The number of hydrogen-bond donors (Lipinski definition) is 0. The average molecular weight is 315 g/mol. The topological polar surface area (TPSA) is 27.7 Å². The highest BCUT2D eigenvalue weighted by molar-refractivity contribution is 9.09. The van der Waals surface area contributed by atoms with E-state index in [-0.39, 0.29) is 12.2 Å². The van der Waals surface area contributed by atoms with Gasteiger partial charge in [0.15, 0.2) is 5.79 Å². The van der Waals surface area contributed by atoms with E-state index < -0.39 is 5.79 Å². The van der Waals surface area contributed by atoms with Crippen LogP contribution in [0, 0.1) is 0 Å². The van der Waals surface area contributed by atoms with Gasteiger partial charge in [0.05, 0.1) is 19.3 Å². The molecule has 0 aliphatic carbocycles. The number of halogens is 1. The van der Waals surface area contributed by atoms with Crippen LogP contribution < -0.4 is 0 Å². The predicted molar refractivity (Wildman–Crippen MR) is 73.7 cm³/mol. The van der Waals surface area contributed by atoms with Gasteiger partial charge in [-0.1, -0.05) is 46.3 Å². The van der Waals surface area contributed by atoms with Crippen molar-refractivity contribution in [2.45, 2.75) is 38.4 Å². The second kappa shape index (κ2) is 6.15. The number of alkyl halides is 1. The van der Waals surface area contributed by atoms with E-state index in [4.69, 9.17) is 14.2 Å². The summed E-state index contributed by atoms with van der Waals surface area (Å²) in [4.78, 5) is 0. The summed E-state index contributed by atoms with van der Waals surface area (Å²) in [5.74, 6) is -0.515. The lowest BCUT2D eigenvalue weighted by Gasteiger charge is -2.16. The number of ether oxygens (including phenoxy) is 3. The lowest BCUT2D eigenvalue weighted by Crippen LogP contribution is -2.28. The van der Waals surface area contributed by atoms with Crippen LogP contribution in [-0.2, 0) is 20.8 Å². The van der Waals surface area contributed by atoms with Gasteiger partial charge in [-0.25, -0.2) is 0 Å². The zero-order valence-electron chi connectivity index (χ0n) is 10.8. The molecule has 2 atom stereocenters. The van der Waals surface area contributed by atoms with Crippen molar-refractivity contribution in [3.63, 3.8) is 0 Å². The van der Waals surface area contributed by atoms with Crippen molar-refractivity contribution >= 4 is 15.9 Å². The Balaban J connectivity index is 1.80. The zero-order chi connectivity index (χ0) is 13.0. The molecule has 3 nitrogen and oxygen atoms in total. The SMILES string of the molecule is CC1(C)O[C@H](CBr)[C@@H](COCc2ccccc2)O1. The molecule has 1 heterocycles. The Morgan fingerprint density at radius 2 is 1.83 bits per heavy atom. The molecule has 1 aromatic rings. The van der Waals surface area contributed by atoms with E-state index in [1.807, 2.05) is 32.0 Å². The molecule has 18 heavy (non-hydrogen) atoms.